The first-order valence-electron chi connectivity index (χ1n) is 9.28. The minimum Gasteiger partial charge on any atom is -0.452 e. The molecule has 0 aliphatic carbocycles. The normalized spacial score (nSPS) is 12.7. The third-order valence-electron chi connectivity index (χ3n) is 3.99. The van der Waals surface area contributed by atoms with Crippen LogP contribution < -0.4 is 14.8 Å². The Balaban J connectivity index is 1.79. The topological polar surface area (TPSA) is 111 Å². The van der Waals surface area contributed by atoms with Crippen LogP contribution in [0.1, 0.15) is 18.9 Å². The molecule has 8 nitrogen and oxygen atoms in total. The zero-order chi connectivity index (χ0) is 23.9. The molecule has 2 aromatic rings. The number of carbonyl (C=O) groups excluding carboxylic acids is 2. The van der Waals surface area contributed by atoms with Gasteiger partial charge < -0.3 is 14.8 Å². The van der Waals surface area contributed by atoms with Gasteiger partial charge in [-0.3, -0.25) is 9.59 Å². The van der Waals surface area contributed by atoms with Gasteiger partial charge in [-0.2, -0.15) is 0 Å². The van der Waals surface area contributed by atoms with Crippen LogP contribution in [0.15, 0.2) is 53.4 Å². The maximum atomic E-state index is 12.2. The van der Waals surface area contributed by atoms with E-state index in [9.17, 15) is 31.2 Å². The van der Waals surface area contributed by atoms with Gasteiger partial charge >= 0.3 is 12.3 Å². The monoisotopic (exact) mass is 474 g/mol. The number of esters is 1. The summed E-state index contributed by atoms with van der Waals surface area (Å²) in [6, 6.07) is 10.6. The lowest BCUT2D eigenvalue weighted by molar-refractivity contribution is -0.274. The van der Waals surface area contributed by atoms with Crippen molar-refractivity contribution >= 4 is 27.6 Å². The Kier molecular flexibility index (Phi) is 8.22. The first kappa shape index (κ1) is 25.1. The Bertz CT molecular complexity index is 1040. The van der Waals surface area contributed by atoms with Crippen molar-refractivity contribution < 1.29 is 40.7 Å². The lowest BCUT2D eigenvalue weighted by Crippen LogP contribution is -2.32. The molecule has 0 aromatic heterocycles. The van der Waals surface area contributed by atoms with Gasteiger partial charge in [0.05, 0.1) is 11.3 Å². The molecule has 2 aromatic carbocycles. The number of hydrogen-bond acceptors (Lipinski definition) is 6. The quantitative estimate of drug-likeness (QED) is 0.541. The number of carbonyl (C=O) groups is 2. The van der Waals surface area contributed by atoms with Crippen LogP contribution in [0, 0.1) is 6.92 Å². The summed E-state index contributed by atoms with van der Waals surface area (Å²) in [7, 11) is -3.79. The maximum absolute atomic E-state index is 12.2. The van der Waals surface area contributed by atoms with Gasteiger partial charge in [0.15, 0.2) is 6.10 Å². The Morgan fingerprint density at radius 3 is 2.19 bits per heavy atom. The van der Waals surface area contributed by atoms with Gasteiger partial charge in [-0.15, -0.1) is 13.2 Å². The van der Waals surface area contributed by atoms with Crippen molar-refractivity contribution in [1.29, 1.82) is 0 Å². The van der Waals surface area contributed by atoms with Gasteiger partial charge in [0, 0.05) is 12.2 Å². The number of nitrogens with one attached hydrogen (secondary N) is 2. The smallest absolute Gasteiger partial charge is 0.452 e. The number of anilines is 1. The molecule has 12 heteroatoms. The van der Waals surface area contributed by atoms with Crippen molar-refractivity contribution in [2.24, 2.45) is 0 Å². The molecular weight excluding hydrogens is 453 g/mol. The predicted molar refractivity (Wildman–Crippen MR) is 108 cm³/mol. The molecule has 0 radical (unpaired) electrons. The fraction of sp³-hybridized carbons (Fsp3) is 0.300. The van der Waals surface area contributed by atoms with Gasteiger partial charge in [0.2, 0.25) is 10.0 Å². The van der Waals surface area contributed by atoms with Crippen molar-refractivity contribution in [3.63, 3.8) is 0 Å². The highest BCUT2D eigenvalue weighted by molar-refractivity contribution is 7.89. The minimum absolute atomic E-state index is 0.0517. The summed E-state index contributed by atoms with van der Waals surface area (Å²) >= 11 is 0. The van der Waals surface area contributed by atoms with Crippen molar-refractivity contribution in [2.45, 2.75) is 37.6 Å². The zero-order valence-electron chi connectivity index (χ0n) is 17.1. The summed E-state index contributed by atoms with van der Waals surface area (Å²) in [5, 5.41) is 2.38. The Morgan fingerprint density at radius 1 is 1.03 bits per heavy atom. The van der Waals surface area contributed by atoms with Crippen LogP contribution in [0.5, 0.6) is 5.75 Å². The lowest BCUT2D eigenvalue weighted by atomic mass is 10.2. The molecule has 0 saturated heterocycles. The van der Waals surface area contributed by atoms with E-state index in [0.717, 1.165) is 17.7 Å². The average molecular weight is 474 g/mol. The van der Waals surface area contributed by atoms with E-state index in [0.29, 0.717) is 0 Å². The number of ether oxygens (including phenoxy) is 2. The number of sulfonamides is 1. The van der Waals surface area contributed by atoms with Crippen LogP contribution in [0.25, 0.3) is 0 Å². The van der Waals surface area contributed by atoms with Gasteiger partial charge in [0.25, 0.3) is 5.91 Å². The van der Waals surface area contributed by atoms with Gasteiger partial charge in [-0.05, 0) is 50.2 Å². The number of amides is 1. The second-order valence-corrected chi connectivity index (χ2v) is 8.42. The second kappa shape index (κ2) is 10.5. The van der Waals surface area contributed by atoms with E-state index in [2.05, 4.69) is 14.8 Å². The van der Waals surface area contributed by atoms with E-state index in [4.69, 9.17) is 4.74 Å². The molecule has 1 atom stereocenters. The first-order valence-corrected chi connectivity index (χ1v) is 10.8. The molecule has 32 heavy (non-hydrogen) atoms. The van der Waals surface area contributed by atoms with Gasteiger partial charge in [-0.1, -0.05) is 17.7 Å². The van der Waals surface area contributed by atoms with Crippen molar-refractivity contribution in [1.82, 2.24) is 4.72 Å². The minimum atomic E-state index is -4.83. The lowest BCUT2D eigenvalue weighted by Gasteiger charge is -2.14. The number of halogens is 3. The van der Waals surface area contributed by atoms with Crippen LogP contribution >= 0.6 is 0 Å². The second-order valence-electron chi connectivity index (χ2n) is 6.65. The largest absolute Gasteiger partial charge is 0.573 e. The molecule has 1 unspecified atom stereocenters. The predicted octanol–water partition coefficient (Wildman–Crippen LogP) is 3.13. The van der Waals surface area contributed by atoms with E-state index >= 15 is 0 Å². The summed E-state index contributed by atoms with van der Waals surface area (Å²) in [5.74, 6) is -1.99. The summed E-state index contributed by atoms with van der Waals surface area (Å²) in [4.78, 5) is 24.0. The number of alkyl halides is 3. The molecule has 0 spiro atoms. The molecule has 0 saturated carbocycles. The van der Waals surface area contributed by atoms with Crippen molar-refractivity contribution in [3.8, 4) is 5.75 Å². The number of rotatable bonds is 9. The number of benzene rings is 2. The van der Waals surface area contributed by atoms with Crippen LogP contribution in [0.3, 0.4) is 0 Å². The molecule has 0 bridgehead atoms. The van der Waals surface area contributed by atoms with E-state index in [1.807, 2.05) is 6.92 Å². The maximum Gasteiger partial charge on any atom is 0.573 e. The highest BCUT2D eigenvalue weighted by Gasteiger charge is 2.31. The highest BCUT2D eigenvalue weighted by atomic mass is 32.2. The highest BCUT2D eigenvalue weighted by Crippen LogP contribution is 2.24. The molecule has 0 heterocycles. The first-order chi connectivity index (χ1) is 14.9. The fourth-order valence-electron chi connectivity index (χ4n) is 2.38. The molecule has 0 fully saturated rings. The summed E-state index contributed by atoms with van der Waals surface area (Å²) < 4.78 is 71.7. The summed E-state index contributed by atoms with van der Waals surface area (Å²) in [6.45, 7) is 2.88. The Hall–Kier alpha value is -3.12. The summed E-state index contributed by atoms with van der Waals surface area (Å²) in [5.41, 5.74) is 1.06. The van der Waals surface area contributed by atoms with E-state index < -0.39 is 40.1 Å². The molecule has 0 aliphatic rings. The standard InChI is InChI=1S/C20H21F3N2O6S/c1-13-3-9-17(10-4-13)32(28,29)24-12-11-18(26)30-14(2)19(27)25-15-5-7-16(8-6-15)31-20(21,22)23/h3-10,14,24H,11-12H2,1-2H3,(H,25,27). The van der Waals surface area contributed by atoms with Crippen molar-refractivity contribution in [2.75, 3.05) is 11.9 Å². The third kappa shape index (κ3) is 8.19. The fourth-order valence-corrected chi connectivity index (χ4v) is 3.41. The van der Waals surface area contributed by atoms with Gasteiger partial charge in [0.1, 0.15) is 5.75 Å². The third-order valence-corrected chi connectivity index (χ3v) is 5.46. The van der Waals surface area contributed by atoms with Crippen LogP contribution in [0.4, 0.5) is 18.9 Å². The van der Waals surface area contributed by atoms with E-state index in [-0.39, 0.29) is 23.5 Å². The molecule has 2 rings (SSSR count). The van der Waals surface area contributed by atoms with E-state index in [1.165, 1.54) is 31.2 Å². The Labute approximate surface area is 182 Å². The molecule has 1 amide bonds. The van der Waals surface area contributed by atoms with Crippen LogP contribution in [-0.2, 0) is 24.3 Å². The average Bonchev–Trinajstić information content (AvgIpc) is 2.68. The van der Waals surface area contributed by atoms with Crippen LogP contribution in [0.2, 0.25) is 0 Å². The number of hydrogen-bond donors (Lipinski definition) is 2. The zero-order valence-corrected chi connectivity index (χ0v) is 17.9. The molecule has 0 aliphatic heterocycles. The molecule has 174 valence electrons. The number of aryl methyl sites for hydroxylation is 1. The Morgan fingerprint density at radius 2 is 1.62 bits per heavy atom. The van der Waals surface area contributed by atoms with Crippen molar-refractivity contribution in [3.05, 3.63) is 54.1 Å². The van der Waals surface area contributed by atoms with E-state index in [1.54, 1.807) is 12.1 Å². The molecule has 2 N–H and O–H groups in total. The van der Waals surface area contributed by atoms with Gasteiger partial charge in [-0.25, -0.2) is 13.1 Å². The summed E-state index contributed by atoms with van der Waals surface area (Å²) in [6.07, 6.45) is -6.36. The molecular formula is C20H21F3N2O6S. The van der Waals surface area contributed by atoms with Crippen LogP contribution in [-0.4, -0.2) is 39.3 Å². The SMILES string of the molecule is Cc1ccc(S(=O)(=O)NCCC(=O)OC(C)C(=O)Nc2ccc(OC(F)(F)F)cc2)cc1.